The van der Waals surface area contributed by atoms with Crippen molar-refractivity contribution in [1.82, 2.24) is 15.1 Å². The lowest BCUT2D eigenvalue weighted by atomic mass is 9.99. The molecule has 5 heteroatoms. The molecule has 1 aromatic carbocycles. The minimum absolute atomic E-state index is 0.0261. The maximum Gasteiger partial charge on any atom is 0.274 e. The van der Waals surface area contributed by atoms with E-state index in [0.717, 1.165) is 31.5 Å². The van der Waals surface area contributed by atoms with Crippen LogP contribution in [0.3, 0.4) is 0 Å². The molecule has 1 aliphatic rings. The van der Waals surface area contributed by atoms with Crippen LogP contribution < -0.4 is 0 Å². The van der Waals surface area contributed by atoms with Crippen LogP contribution in [0.5, 0.6) is 0 Å². The molecule has 0 saturated carbocycles. The number of nitrogens with one attached hydrogen (secondary N) is 1. The Labute approximate surface area is 135 Å². The van der Waals surface area contributed by atoms with Crippen molar-refractivity contribution in [2.45, 2.75) is 37.6 Å². The van der Waals surface area contributed by atoms with Gasteiger partial charge in [0.15, 0.2) is 0 Å². The number of aryl methyl sites for hydroxylation is 1. The van der Waals surface area contributed by atoms with E-state index in [4.69, 9.17) is 0 Å². The highest BCUT2D eigenvalue weighted by Crippen LogP contribution is 2.25. The van der Waals surface area contributed by atoms with Gasteiger partial charge in [0.1, 0.15) is 5.69 Å². The summed E-state index contributed by atoms with van der Waals surface area (Å²) in [6.45, 7) is 3.56. The number of fused-ring (bicyclic) bond motifs is 1. The van der Waals surface area contributed by atoms with Crippen LogP contribution >= 0.6 is 11.8 Å². The van der Waals surface area contributed by atoms with Crippen LogP contribution in [0.2, 0.25) is 0 Å². The number of rotatable bonds is 4. The molecule has 1 N–H and O–H groups in total. The van der Waals surface area contributed by atoms with E-state index in [1.165, 1.54) is 16.0 Å². The average molecular weight is 315 g/mol. The highest BCUT2D eigenvalue weighted by Gasteiger charge is 2.23. The van der Waals surface area contributed by atoms with Crippen LogP contribution in [0.15, 0.2) is 29.2 Å². The molecule has 0 unspecified atom stereocenters. The monoisotopic (exact) mass is 315 g/mol. The highest BCUT2D eigenvalue weighted by atomic mass is 32.2. The second-order valence-electron chi connectivity index (χ2n) is 5.64. The number of carbonyl (C=O) groups is 1. The molecule has 22 heavy (non-hydrogen) atoms. The fourth-order valence-electron chi connectivity index (χ4n) is 2.86. The predicted octanol–water partition coefficient (Wildman–Crippen LogP) is 3.28. The molecule has 0 bridgehead atoms. The standard InChI is InChI=1S/C17H21N3OS/c1-3-4-14-10-16(19-18-14)17(21)20-8-7-12-9-15(22-2)6-5-13(12)11-20/h5-6,9-10H,3-4,7-8,11H2,1-2H3,(H,18,19). The number of amides is 1. The molecular formula is C17H21N3OS. The Hall–Kier alpha value is -1.75. The largest absolute Gasteiger partial charge is 0.333 e. The van der Waals surface area contributed by atoms with Gasteiger partial charge in [0.05, 0.1) is 0 Å². The minimum Gasteiger partial charge on any atom is -0.333 e. The third kappa shape index (κ3) is 3.04. The second kappa shape index (κ2) is 6.57. The van der Waals surface area contributed by atoms with Crippen molar-refractivity contribution in [3.8, 4) is 0 Å². The highest BCUT2D eigenvalue weighted by molar-refractivity contribution is 7.98. The number of carbonyl (C=O) groups excluding carboxylic acids is 1. The molecule has 3 rings (SSSR count). The third-order valence-electron chi connectivity index (χ3n) is 4.08. The first-order valence-corrected chi connectivity index (χ1v) is 8.93. The Morgan fingerprint density at radius 1 is 1.36 bits per heavy atom. The molecule has 0 saturated heterocycles. The van der Waals surface area contributed by atoms with E-state index in [2.05, 4.69) is 41.6 Å². The summed E-state index contributed by atoms with van der Waals surface area (Å²) in [5.41, 5.74) is 4.19. The first kappa shape index (κ1) is 15.2. The number of hydrogen-bond donors (Lipinski definition) is 1. The Morgan fingerprint density at radius 3 is 3.00 bits per heavy atom. The van der Waals surface area contributed by atoms with Gasteiger partial charge in [0, 0.05) is 23.7 Å². The van der Waals surface area contributed by atoms with Gasteiger partial charge in [-0.2, -0.15) is 5.10 Å². The van der Waals surface area contributed by atoms with Gasteiger partial charge in [0.2, 0.25) is 0 Å². The first-order chi connectivity index (χ1) is 10.7. The van der Waals surface area contributed by atoms with E-state index in [-0.39, 0.29) is 5.91 Å². The summed E-state index contributed by atoms with van der Waals surface area (Å²) in [7, 11) is 0. The summed E-state index contributed by atoms with van der Waals surface area (Å²) in [6.07, 6.45) is 4.98. The van der Waals surface area contributed by atoms with Crippen LogP contribution in [0.4, 0.5) is 0 Å². The van der Waals surface area contributed by atoms with E-state index in [0.29, 0.717) is 12.2 Å². The van der Waals surface area contributed by atoms with E-state index in [1.807, 2.05) is 11.0 Å². The molecule has 1 aromatic heterocycles. The lowest BCUT2D eigenvalue weighted by molar-refractivity contribution is 0.0728. The van der Waals surface area contributed by atoms with Crippen molar-refractivity contribution in [3.05, 3.63) is 46.8 Å². The van der Waals surface area contributed by atoms with Crippen molar-refractivity contribution in [3.63, 3.8) is 0 Å². The quantitative estimate of drug-likeness (QED) is 0.881. The normalized spacial score (nSPS) is 14.0. The zero-order valence-electron chi connectivity index (χ0n) is 13.1. The number of nitrogens with zero attached hydrogens (tertiary/aromatic N) is 2. The first-order valence-electron chi connectivity index (χ1n) is 7.70. The second-order valence-corrected chi connectivity index (χ2v) is 6.52. The van der Waals surface area contributed by atoms with Gasteiger partial charge >= 0.3 is 0 Å². The van der Waals surface area contributed by atoms with E-state index in [1.54, 1.807) is 11.8 Å². The molecule has 1 amide bonds. The van der Waals surface area contributed by atoms with Crippen LogP contribution in [0.1, 0.15) is 40.7 Å². The van der Waals surface area contributed by atoms with E-state index < -0.39 is 0 Å². The topological polar surface area (TPSA) is 49.0 Å². The number of aromatic amines is 1. The van der Waals surface area contributed by atoms with Crippen LogP contribution in [-0.4, -0.2) is 33.8 Å². The molecule has 4 nitrogen and oxygen atoms in total. The molecule has 2 aromatic rings. The molecule has 0 atom stereocenters. The fraction of sp³-hybridized carbons (Fsp3) is 0.412. The van der Waals surface area contributed by atoms with Gasteiger partial charge in [-0.3, -0.25) is 9.89 Å². The van der Waals surface area contributed by atoms with Crippen molar-refractivity contribution in [1.29, 1.82) is 0 Å². The zero-order chi connectivity index (χ0) is 15.5. The van der Waals surface area contributed by atoms with Gasteiger partial charge in [0.25, 0.3) is 5.91 Å². The van der Waals surface area contributed by atoms with Gasteiger partial charge in [-0.15, -0.1) is 11.8 Å². The summed E-state index contributed by atoms with van der Waals surface area (Å²) in [5, 5.41) is 7.13. The molecule has 116 valence electrons. The number of hydrogen-bond acceptors (Lipinski definition) is 3. The molecular weight excluding hydrogens is 294 g/mol. The van der Waals surface area contributed by atoms with Gasteiger partial charge in [-0.05, 0) is 48.4 Å². The molecule has 0 aliphatic carbocycles. The van der Waals surface area contributed by atoms with Gasteiger partial charge in [-0.1, -0.05) is 19.4 Å². The van der Waals surface area contributed by atoms with E-state index >= 15 is 0 Å². The van der Waals surface area contributed by atoms with Gasteiger partial charge < -0.3 is 4.90 Å². The Bertz CT molecular complexity index is 680. The summed E-state index contributed by atoms with van der Waals surface area (Å²) >= 11 is 1.76. The van der Waals surface area contributed by atoms with Crippen molar-refractivity contribution < 1.29 is 4.79 Å². The zero-order valence-corrected chi connectivity index (χ0v) is 13.9. The maximum absolute atomic E-state index is 12.6. The molecule has 0 radical (unpaired) electrons. The smallest absolute Gasteiger partial charge is 0.274 e. The Balaban J connectivity index is 1.74. The maximum atomic E-state index is 12.6. The number of aromatic nitrogens is 2. The predicted molar refractivity (Wildman–Crippen MR) is 89.3 cm³/mol. The molecule has 1 aliphatic heterocycles. The van der Waals surface area contributed by atoms with Crippen molar-refractivity contribution in [2.24, 2.45) is 0 Å². The summed E-state index contributed by atoms with van der Waals surface area (Å²) in [4.78, 5) is 15.8. The van der Waals surface area contributed by atoms with Crippen molar-refractivity contribution >= 4 is 17.7 Å². The summed E-state index contributed by atoms with van der Waals surface area (Å²) in [5.74, 6) is 0.0261. The average Bonchev–Trinajstić information content (AvgIpc) is 3.02. The van der Waals surface area contributed by atoms with E-state index in [9.17, 15) is 4.79 Å². The van der Waals surface area contributed by atoms with Gasteiger partial charge in [-0.25, -0.2) is 0 Å². The SMILES string of the molecule is CCCc1cc(C(=O)N2CCc3cc(SC)ccc3C2)n[nH]1. The number of benzene rings is 1. The molecule has 2 heterocycles. The lowest BCUT2D eigenvalue weighted by Crippen LogP contribution is -2.36. The molecule has 0 spiro atoms. The number of H-pyrrole nitrogens is 1. The number of thioether (sulfide) groups is 1. The van der Waals surface area contributed by atoms with Crippen LogP contribution in [-0.2, 0) is 19.4 Å². The van der Waals surface area contributed by atoms with Crippen LogP contribution in [0.25, 0.3) is 0 Å². The third-order valence-corrected chi connectivity index (χ3v) is 4.81. The van der Waals surface area contributed by atoms with Crippen molar-refractivity contribution in [2.75, 3.05) is 12.8 Å². The van der Waals surface area contributed by atoms with Crippen LogP contribution in [0, 0.1) is 0 Å². The summed E-state index contributed by atoms with van der Waals surface area (Å²) in [6, 6.07) is 8.41. The fourth-order valence-corrected chi connectivity index (χ4v) is 3.32. The Morgan fingerprint density at radius 2 is 2.23 bits per heavy atom. The molecule has 0 fully saturated rings. The minimum atomic E-state index is 0.0261. The Kier molecular flexibility index (Phi) is 4.52. The lowest BCUT2D eigenvalue weighted by Gasteiger charge is -2.28. The summed E-state index contributed by atoms with van der Waals surface area (Å²) < 4.78 is 0.